The van der Waals surface area contributed by atoms with Gasteiger partial charge in [0.2, 0.25) is 0 Å². The molecule has 0 radical (unpaired) electrons. The van der Waals surface area contributed by atoms with E-state index in [1.54, 1.807) is 0 Å². The van der Waals surface area contributed by atoms with Gasteiger partial charge in [-0.25, -0.2) is 9.38 Å². The van der Waals surface area contributed by atoms with Crippen LogP contribution in [0.25, 0.3) is 0 Å². The third kappa shape index (κ3) is 7.04. The topological polar surface area (TPSA) is 48.9 Å². The van der Waals surface area contributed by atoms with Crippen molar-refractivity contribution in [3.63, 3.8) is 0 Å². The number of nitrogens with zero attached hydrogens (tertiary/aromatic N) is 2. The third-order valence-electron chi connectivity index (χ3n) is 5.74. The average Bonchev–Trinajstić information content (AvgIpc) is 2.78. The van der Waals surface area contributed by atoms with E-state index in [9.17, 15) is 4.39 Å². The van der Waals surface area contributed by atoms with Crippen molar-refractivity contribution in [2.45, 2.75) is 45.9 Å². The minimum absolute atomic E-state index is 0.102. The summed E-state index contributed by atoms with van der Waals surface area (Å²) in [6.07, 6.45) is 2.30. The summed E-state index contributed by atoms with van der Waals surface area (Å²) in [6, 6.07) is 13.9. The quantitative estimate of drug-likeness (QED) is 0.471. The van der Waals surface area contributed by atoms with Crippen molar-refractivity contribution in [2.24, 2.45) is 10.9 Å². The number of aliphatic imine (C=N–C) groups is 1. The molecule has 0 amide bonds. The van der Waals surface area contributed by atoms with Crippen molar-refractivity contribution in [1.82, 2.24) is 15.5 Å². The van der Waals surface area contributed by atoms with Gasteiger partial charge in [0, 0.05) is 37.7 Å². The minimum Gasteiger partial charge on any atom is -0.373 e. The molecule has 1 heterocycles. The summed E-state index contributed by atoms with van der Waals surface area (Å²) in [4.78, 5) is 6.71. The van der Waals surface area contributed by atoms with Gasteiger partial charge in [0.05, 0.1) is 12.6 Å². The molecule has 32 heavy (non-hydrogen) atoms. The van der Waals surface area contributed by atoms with Gasteiger partial charge < -0.3 is 20.3 Å². The SMILES string of the molecule is CCNC(=NCc1ccc(F)c(CN(C)C)c1)NCC1CCCOC1c1ccc(C)cc1. The first-order valence-corrected chi connectivity index (χ1v) is 11.6. The fourth-order valence-corrected chi connectivity index (χ4v) is 4.11. The summed E-state index contributed by atoms with van der Waals surface area (Å²) >= 11 is 0. The Bertz CT molecular complexity index is 882. The Labute approximate surface area is 192 Å². The molecule has 1 saturated heterocycles. The molecular weight excluding hydrogens is 403 g/mol. The zero-order valence-corrected chi connectivity index (χ0v) is 19.8. The molecule has 0 bridgehead atoms. The maximum absolute atomic E-state index is 14.1. The van der Waals surface area contributed by atoms with Gasteiger partial charge in [-0.05, 0) is 64.0 Å². The van der Waals surface area contributed by atoms with Crippen LogP contribution in [0, 0.1) is 18.7 Å². The van der Waals surface area contributed by atoms with E-state index in [-0.39, 0.29) is 11.9 Å². The van der Waals surface area contributed by atoms with E-state index < -0.39 is 0 Å². The van der Waals surface area contributed by atoms with Gasteiger partial charge in [0.25, 0.3) is 0 Å². The maximum atomic E-state index is 14.1. The normalized spacial score (nSPS) is 19.2. The predicted molar refractivity (Wildman–Crippen MR) is 129 cm³/mol. The van der Waals surface area contributed by atoms with Gasteiger partial charge in [0.1, 0.15) is 5.82 Å². The van der Waals surface area contributed by atoms with Crippen LogP contribution in [0.15, 0.2) is 47.5 Å². The van der Waals surface area contributed by atoms with E-state index in [2.05, 4.69) is 48.7 Å². The molecule has 6 heteroatoms. The molecule has 2 N–H and O–H groups in total. The molecule has 0 spiro atoms. The molecular formula is C26H37FN4O. The molecule has 0 aliphatic carbocycles. The summed E-state index contributed by atoms with van der Waals surface area (Å²) in [5.41, 5.74) is 4.19. The van der Waals surface area contributed by atoms with Crippen molar-refractivity contribution >= 4 is 5.96 Å². The van der Waals surface area contributed by atoms with Crippen molar-refractivity contribution in [2.75, 3.05) is 33.8 Å². The molecule has 3 rings (SSSR count). The molecule has 2 aromatic carbocycles. The molecule has 0 aromatic heterocycles. The van der Waals surface area contributed by atoms with E-state index in [0.717, 1.165) is 44.1 Å². The lowest BCUT2D eigenvalue weighted by Gasteiger charge is -2.32. The van der Waals surface area contributed by atoms with Crippen molar-refractivity contribution < 1.29 is 9.13 Å². The molecule has 174 valence electrons. The number of ether oxygens (including phenoxy) is 1. The Morgan fingerprint density at radius 3 is 2.66 bits per heavy atom. The van der Waals surface area contributed by atoms with Crippen LogP contribution < -0.4 is 10.6 Å². The predicted octanol–water partition coefficient (Wildman–Crippen LogP) is 4.42. The Hall–Kier alpha value is -2.44. The molecule has 1 fully saturated rings. The molecule has 2 atom stereocenters. The number of halogens is 1. The first kappa shape index (κ1) is 24.2. The smallest absolute Gasteiger partial charge is 0.191 e. The Balaban J connectivity index is 1.65. The Morgan fingerprint density at radius 2 is 1.94 bits per heavy atom. The number of rotatable bonds is 8. The second kappa shape index (κ2) is 12.0. The van der Waals surface area contributed by atoms with Crippen LogP contribution in [-0.4, -0.2) is 44.7 Å². The van der Waals surface area contributed by atoms with E-state index >= 15 is 0 Å². The van der Waals surface area contributed by atoms with Crippen LogP contribution in [0.2, 0.25) is 0 Å². The van der Waals surface area contributed by atoms with Gasteiger partial charge in [-0.2, -0.15) is 0 Å². The van der Waals surface area contributed by atoms with Crippen molar-refractivity contribution in [1.29, 1.82) is 0 Å². The highest BCUT2D eigenvalue weighted by atomic mass is 19.1. The molecule has 2 unspecified atom stereocenters. The summed E-state index contributed by atoms with van der Waals surface area (Å²) in [6.45, 7) is 7.62. The van der Waals surface area contributed by atoms with E-state index in [1.165, 1.54) is 17.2 Å². The Morgan fingerprint density at radius 1 is 1.16 bits per heavy atom. The highest BCUT2D eigenvalue weighted by Gasteiger charge is 2.27. The van der Waals surface area contributed by atoms with E-state index in [1.807, 2.05) is 31.1 Å². The second-order valence-electron chi connectivity index (χ2n) is 8.84. The Kier molecular flexibility index (Phi) is 9.06. The van der Waals surface area contributed by atoms with Gasteiger partial charge in [-0.15, -0.1) is 0 Å². The number of aryl methyl sites for hydroxylation is 1. The van der Waals surface area contributed by atoms with Crippen LogP contribution in [0.5, 0.6) is 0 Å². The minimum atomic E-state index is -0.170. The average molecular weight is 441 g/mol. The molecule has 1 aliphatic heterocycles. The lowest BCUT2D eigenvalue weighted by Crippen LogP contribution is -2.42. The number of nitrogens with one attached hydrogen (secondary N) is 2. The fraction of sp³-hybridized carbons (Fsp3) is 0.500. The summed E-state index contributed by atoms with van der Waals surface area (Å²) in [5, 5.41) is 6.84. The zero-order valence-electron chi connectivity index (χ0n) is 19.8. The molecule has 0 saturated carbocycles. The molecule has 1 aliphatic rings. The van der Waals surface area contributed by atoms with Crippen molar-refractivity contribution in [3.8, 4) is 0 Å². The third-order valence-corrected chi connectivity index (χ3v) is 5.74. The van der Waals surface area contributed by atoms with E-state index in [4.69, 9.17) is 9.73 Å². The number of hydrogen-bond acceptors (Lipinski definition) is 3. The van der Waals surface area contributed by atoms with Gasteiger partial charge in [-0.1, -0.05) is 35.9 Å². The highest BCUT2D eigenvalue weighted by Crippen LogP contribution is 2.33. The van der Waals surface area contributed by atoms with Crippen LogP contribution in [0.1, 0.15) is 48.1 Å². The van der Waals surface area contributed by atoms with Crippen molar-refractivity contribution in [3.05, 3.63) is 70.5 Å². The first-order chi connectivity index (χ1) is 15.5. The number of guanidine groups is 1. The summed E-state index contributed by atoms with van der Waals surface area (Å²) < 4.78 is 20.2. The van der Waals surface area contributed by atoms with Crippen LogP contribution in [0.4, 0.5) is 4.39 Å². The van der Waals surface area contributed by atoms with Crippen LogP contribution >= 0.6 is 0 Å². The van der Waals surface area contributed by atoms with Crippen LogP contribution in [0.3, 0.4) is 0 Å². The monoisotopic (exact) mass is 440 g/mol. The standard InChI is InChI=1S/C26H37FN4O/c1-5-28-26(29-16-20-10-13-24(27)23(15-20)18-31(3)4)30-17-22-7-6-14-32-25(22)21-11-8-19(2)9-12-21/h8-13,15,22,25H,5-7,14,16-18H2,1-4H3,(H2,28,29,30). The maximum Gasteiger partial charge on any atom is 0.191 e. The molecule has 5 nitrogen and oxygen atoms in total. The van der Waals surface area contributed by atoms with Gasteiger partial charge in [-0.3, -0.25) is 0 Å². The number of hydrogen-bond donors (Lipinski definition) is 2. The number of benzene rings is 2. The van der Waals surface area contributed by atoms with Gasteiger partial charge in [0.15, 0.2) is 5.96 Å². The fourth-order valence-electron chi connectivity index (χ4n) is 4.11. The summed E-state index contributed by atoms with van der Waals surface area (Å²) in [7, 11) is 3.88. The molecule has 2 aromatic rings. The largest absolute Gasteiger partial charge is 0.373 e. The lowest BCUT2D eigenvalue weighted by molar-refractivity contribution is -0.0265. The van der Waals surface area contributed by atoms with E-state index in [0.29, 0.717) is 24.6 Å². The zero-order chi connectivity index (χ0) is 22.9. The van der Waals surface area contributed by atoms with Crippen LogP contribution in [-0.2, 0) is 17.8 Å². The first-order valence-electron chi connectivity index (χ1n) is 11.6. The summed E-state index contributed by atoms with van der Waals surface area (Å²) in [5.74, 6) is 0.989. The second-order valence-corrected chi connectivity index (χ2v) is 8.84. The highest BCUT2D eigenvalue weighted by molar-refractivity contribution is 5.79. The lowest BCUT2D eigenvalue weighted by atomic mass is 9.89. The van der Waals surface area contributed by atoms with Gasteiger partial charge >= 0.3 is 0 Å².